The van der Waals surface area contributed by atoms with Gasteiger partial charge in [-0.15, -0.1) is 0 Å². The van der Waals surface area contributed by atoms with Crippen LogP contribution in [-0.4, -0.2) is 30.7 Å². The third kappa shape index (κ3) is 8.29. The Bertz CT molecular complexity index is 109. The molecule has 5 heteroatoms. The minimum absolute atomic E-state index is 0.236. The molecule has 0 aromatic carbocycles. The molecule has 0 rings (SSSR count). The van der Waals surface area contributed by atoms with Crippen LogP contribution in [0.4, 0.5) is 0 Å². The Morgan fingerprint density at radius 2 is 1.89 bits per heavy atom. The van der Waals surface area contributed by atoms with Crippen molar-refractivity contribution in [3.63, 3.8) is 0 Å². The largest absolute Gasteiger partial charge is 0.338 e. The van der Waals surface area contributed by atoms with Crippen LogP contribution in [-0.2, 0) is 11.1 Å². The van der Waals surface area contributed by atoms with Crippen LogP contribution < -0.4 is 0 Å². The van der Waals surface area contributed by atoms with Crippen LogP contribution >= 0.6 is 10.8 Å². The van der Waals surface area contributed by atoms with Crippen LogP contribution in [0.25, 0.3) is 0 Å². The van der Waals surface area contributed by atoms with Gasteiger partial charge in [0.1, 0.15) is 0 Å². The quantitative estimate of drug-likeness (QED) is 0.484. The van der Waals surface area contributed by atoms with Gasteiger partial charge in [0, 0.05) is 5.75 Å². The third-order valence-electron chi connectivity index (χ3n) is 0.699. The number of hydrogen-bond acceptors (Lipinski definition) is 2. The van der Waals surface area contributed by atoms with Gasteiger partial charge < -0.3 is 9.11 Å². The van der Waals surface area contributed by atoms with Crippen molar-refractivity contribution in [1.82, 2.24) is 0 Å². The summed E-state index contributed by atoms with van der Waals surface area (Å²) in [6.07, 6.45) is 0.562. The number of hydrogen-bond donors (Lipinski definition) is 2. The molecule has 0 radical (unpaired) electrons. The zero-order valence-corrected chi connectivity index (χ0v) is 6.58. The van der Waals surface area contributed by atoms with Gasteiger partial charge in [0.2, 0.25) is 0 Å². The lowest BCUT2D eigenvalue weighted by molar-refractivity contribution is 0.563. The summed E-state index contributed by atoms with van der Waals surface area (Å²) in [5, 5.41) is 0. The summed E-state index contributed by atoms with van der Waals surface area (Å²) < 4.78 is 26.8. The van der Waals surface area contributed by atoms with Crippen LogP contribution in [0.5, 0.6) is 0 Å². The second-order valence-corrected chi connectivity index (χ2v) is 3.93. The molecular weight excluding hydrogens is 160 g/mol. The van der Waals surface area contributed by atoms with Crippen molar-refractivity contribution < 1.29 is 13.3 Å². The van der Waals surface area contributed by atoms with Crippen molar-refractivity contribution in [3.8, 4) is 0 Å². The molecule has 0 aliphatic rings. The highest BCUT2D eigenvalue weighted by Crippen LogP contribution is 2.02. The molecule has 0 saturated heterocycles. The van der Waals surface area contributed by atoms with Crippen molar-refractivity contribution in [3.05, 3.63) is 0 Å². The molecule has 0 aromatic heterocycles. The maximum absolute atomic E-state index is 9.99. The Hall–Kier alpha value is 0.290. The lowest BCUT2D eigenvalue weighted by atomic mass is 10.6. The van der Waals surface area contributed by atoms with Gasteiger partial charge in [-0.05, 0) is 6.42 Å². The summed E-state index contributed by atoms with van der Waals surface area (Å²) in [7, 11) is -0.828. The summed E-state index contributed by atoms with van der Waals surface area (Å²) in [5.74, 6) is 4.09. The van der Waals surface area contributed by atoms with E-state index in [0.717, 1.165) is 0 Å². The molecule has 0 spiro atoms. The summed E-state index contributed by atoms with van der Waals surface area (Å²) in [6, 6.07) is 0. The van der Waals surface area contributed by atoms with Gasteiger partial charge in [0.25, 0.3) is 0 Å². The smallest absolute Gasteiger partial charge is 0.152 e. The maximum Gasteiger partial charge on any atom is 0.152 e. The van der Waals surface area contributed by atoms with Gasteiger partial charge >= 0.3 is 0 Å². The molecule has 0 fully saturated rings. The van der Waals surface area contributed by atoms with Crippen molar-refractivity contribution in [2.24, 2.45) is 0 Å². The predicted octanol–water partition coefficient (Wildman–Crippen LogP) is 0.772. The molecule has 2 atom stereocenters. The highest BCUT2D eigenvalue weighted by Gasteiger charge is 1.92. The van der Waals surface area contributed by atoms with Crippen LogP contribution in [0.15, 0.2) is 0 Å². The Morgan fingerprint density at radius 1 is 1.33 bits per heavy atom. The van der Waals surface area contributed by atoms with E-state index in [1.54, 1.807) is 0 Å². The fourth-order valence-electron chi connectivity index (χ4n) is 0.349. The molecule has 0 heterocycles. The molecule has 2 N–H and O–H groups in total. The fraction of sp³-hybridized carbons (Fsp3) is 0.750. The Morgan fingerprint density at radius 3 is 2.22 bits per heavy atom. The van der Waals surface area contributed by atoms with Crippen molar-refractivity contribution in [1.29, 1.82) is 0 Å². The highest BCUT2D eigenvalue weighted by molar-refractivity contribution is 8.09. The van der Waals surface area contributed by atoms with Crippen LogP contribution in [0, 0.1) is 0 Å². The zero-order chi connectivity index (χ0) is 7.28. The second kappa shape index (κ2) is 5.10. The molecular formula is C4H10O3S2. The molecule has 0 aliphatic heterocycles. The Labute approximate surface area is 59.5 Å². The lowest BCUT2D eigenvalue weighted by Gasteiger charge is -1.94. The first-order chi connectivity index (χ1) is 4.13. The normalized spacial score (nSPS) is 17.1. The highest BCUT2D eigenvalue weighted by atomic mass is 32.2. The SMILES string of the molecule is C=S(O)CCCS(=O)O. The molecule has 9 heavy (non-hydrogen) atoms. The second-order valence-electron chi connectivity index (χ2n) is 1.55. The first kappa shape index (κ1) is 9.29. The first-order valence-electron chi connectivity index (χ1n) is 2.40. The van der Waals surface area contributed by atoms with Gasteiger partial charge in [0.05, 0.1) is 5.75 Å². The van der Waals surface area contributed by atoms with Gasteiger partial charge in [-0.25, -0.2) is 4.21 Å². The zero-order valence-electron chi connectivity index (χ0n) is 4.95. The molecule has 3 nitrogen and oxygen atoms in total. The fourth-order valence-corrected chi connectivity index (χ4v) is 1.40. The summed E-state index contributed by atoms with van der Waals surface area (Å²) in [6.45, 7) is 0. The topological polar surface area (TPSA) is 57.5 Å². The standard InChI is InChI=1S/C4H10O3S2/c1-8(5)3-2-4-9(6)7/h5H,1-4H2,(H,6,7). The minimum atomic E-state index is -1.72. The van der Waals surface area contributed by atoms with Crippen LogP contribution in [0.1, 0.15) is 6.42 Å². The summed E-state index contributed by atoms with van der Waals surface area (Å²) in [4.78, 5) is 0. The minimum Gasteiger partial charge on any atom is -0.338 e. The van der Waals surface area contributed by atoms with E-state index >= 15 is 0 Å². The van der Waals surface area contributed by atoms with E-state index in [2.05, 4.69) is 5.87 Å². The third-order valence-corrected chi connectivity index (χ3v) is 2.10. The molecule has 0 amide bonds. The van der Waals surface area contributed by atoms with E-state index in [1.165, 1.54) is 0 Å². The van der Waals surface area contributed by atoms with Gasteiger partial charge in [-0.3, -0.25) is 0 Å². The average Bonchev–Trinajstić information content (AvgIpc) is 1.63. The van der Waals surface area contributed by atoms with E-state index in [-0.39, 0.29) is 5.75 Å². The van der Waals surface area contributed by atoms with E-state index in [4.69, 9.17) is 9.11 Å². The van der Waals surface area contributed by atoms with Crippen molar-refractivity contribution in [2.75, 3.05) is 11.5 Å². The molecule has 0 aliphatic carbocycles. The molecule has 2 unspecified atom stereocenters. The molecule has 0 bridgehead atoms. The van der Waals surface area contributed by atoms with Crippen LogP contribution in [0.3, 0.4) is 0 Å². The maximum atomic E-state index is 9.99. The van der Waals surface area contributed by atoms with Crippen molar-refractivity contribution >= 4 is 27.7 Å². The van der Waals surface area contributed by atoms with E-state index in [9.17, 15) is 4.21 Å². The van der Waals surface area contributed by atoms with Gasteiger partial charge in [0.15, 0.2) is 11.1 Å². The van der Waals surface area contributed by atoms with Crippen molar-refractivity contribution in [2.45, 2.75) is 6.42 Å². The summed E-state index contributed by atoms with van der Waals surface area (Å²) in [5.41, 5.74) is 0. The van der Waals surface area contributed by atoms with Crippen LogP contribution in [0.2, 0.25) is 0 Å². The number of rotatable bonds is 4. The Kier molecular flexibility index (Phi) is 5.27. The first-order valence-corrected chi connectivity index (χ1v) is 5.19. The molecule has 56 valence electrons. The van der Waals surface area contributed by atoms with Gasteiger partial charge in [-0.1, -0.05) is 16.6 Å². The molecule has 0 aromatic rings. The lowest BCUT2D eigenvalue weighted by Crippen LogP contribution is -1.96. The Balaban J connectivity index is 3.10. The summed E-state index contributed by atoms with van der Waals surface area (Å²) >= 11 is -1.72. The monoisotopic (exact) mass is 170 g/mol. The molecule has 0 saturated carbocycles. The average molecular weight is 170 g/mol. The predicted molar refractivity (Wildman–Crippen MR) is 42.5 cm³/mol. The van der Waals surface area contributed by atoms with E-state index in [0.29, 0.717) is 12.2 Å². The van der Waals surface area contributed by atoms with E-state index < -0.39 is 21.8 Å². The van der Waals surface area contributed by atoms with E-state index in [1.807, 2.05) is 0 Å². The van der Waals surface area contributed by atoms with Gasteiger partial charge in [-0.2, -0.15) is 0 Å².